The van der Waals surface area contributed by atoms with Crippen molar-refractivity contribution in [3.63, 3.8) is 0 Å². The van der Waals surface area contributed by atoms with Crippen LogP contribution in [0.1, 0.15) is 26.3 Å². The number of nitrogens with one attached hydrogen (secondary N) is 1. The highest BCUT2D eigenvalue weighted by molar-refractivity contribution is 6.35. The lowest BCUT2D eigenvalue weighted by atomic mass is 10.0. The number of nitrogens with zero attached hydrogens (tertiary/aromatic N) is 1. The molecule has 122 valence electrons. The molecule has 1 N–H and O–H groups in total. The van der Waals surface area contributed by atoms with Gasteiger partial charge in [-0.05, 0) is 44.9 Å². The summed E-state index contributed by atoms with van der Waals surface area (Å²) in [6.07, 6.45) is 0.395. The predicted molar refractivity (Wildman–Crippen MR) is 89.8 cm³/mol. The van der Waals surface area contributed by atoms with E-state index in [1.807, 2.05) is 32.9 Å². The fourth-order valence-electron chi connectivity index (χ4n) is 2.45. The molecule has 22 heavy (non-hydrogen) atoms. The summed E-state index contributed by atoms with van der Waals surface area (Å²) in [5.74, 6) is 0. The Balaban J connectivity index is 2.11. The fraction of sp³-hybridized carbons (Fsp3) is 0.562. The van der Waals surface area contributed by atoms with Crippen molar-refractivity contribution in [3.8, 4) is 0 Å². The van der Waals surface area contributed by atoms with Crippen molar-refractivity contribution in [1.29, 1.82) is 0 Å². The van der Waals surface area contributed by atoms with Crippen LogP contribution in [0.4, 0.5) is 4.79 Å². The van der Waals surface area contributed by atoms with Gasteiger partial charge in [-0.15, -0.1) is 0 Å². The van der Waals surface area contributed by atoms with Gasteiger partial charge in [0.05, 0.1) is 6.04 Å². The Morgan fingerprint density at radius 1 is 1.41 bits per heavy atom. The third-order valence-corrected chi connectivity index (χ3v) is 4.04. The van der Waals surface area contributed by atoms with Crippen LogP contribution in [-0.4, -0.2) is 42.3 Å². The second-order valence-electron chi connectivity index (χ2n) is 6.47. The van der Waals surface area contributed by atoms with E-state index in [0.29, 0.717) is 23.0 Å². The van der Waals surface area contributed by atoms with Crippen LogP contribution in [0.5, 0.6) is 0 Å². The zero-order valence-corrected chi connectivity index (χ0v) is 14.7. The van der Waals surface area contributed by atoms with Gasteiger partial charge < -0.3 is 15.0 Å². The molecule has 0 unspecified atom stereocenters. The molecular weight excluding hydrogens is 323 g/mol. The number of piperazine rings is 1. The van der Waals surface area contributed by atoms with Crippen LogP contribution < -0.4 is 5.32 Å². The number of halogens is 2. The Hall–Kier alpha value is -0.970. The van der Waals surface area contributed by atoms with Crippen LogP contribution in [0.3, 0.4) is 0 Å². The largest absolute Gasteiger partial charge is 0.444 e. The maximum absolute atomic E-state index is 12.4. The number of rotatable bonds is 2. The van der Waals surface area contributed by atoms with Crippen molar-refractivity contribution >= 4 is 29.3 Å². The molecule has 0 radical (unpaired) electrons. The van der Waals surface area contributed by atoms with Gasteiger partial charge in [0, 0.05) is 29.7 Å². The monoisotopic (exact) mass is 344 g/mol. The number of ether oxygens (including phenoxy) is 1. The van der Waals surface area contributed by atoms with Crippen molar-refractivity contribution < 1.29 is 9.53 Å². The molecule has 1 heterocycles. The summed E-state index contributed by atoms with van der Waals surface area (Å²) >= 11 is 12.2. The molecule has 0 bridgehead atoms. The highest BCUT2D eigenvalue weighted by Crippen LogP contribution is 2.24. The molecule has 0 spiro atoms. The summed E-state index contributed by atoms with van der Waals surface area (Å²) in [5.41, 5.74) is 0.484. The van der Waals surface area contributed by atoms with Gasteiger partial charge in [0.2, 0.25) is 0 Å². The highest BCUT2D eigenvalue weighted by Gasteiger charge is 2.30. The molecule has 2 rings (SSSR count). The van der Waals surface area contributed by atoms with Gasteiger partial charge in [0.25, 0.3) is 0 Å². The third kappa shape index (κ3) is 4.77. The van der Waals surface area contributed by atoms with E-state index in [-0.39, 0.29) is 12.1 Å². The number of carbonyl (C=O) groups excluding carboxylic acids is 1. The van der Waals surface area contributed by atoms with Crippen molar-refractivity contribution in [2.45, 2.75) is 38.8 Å². The third-order valence-electron chi connectivity index (χ3n) is 3.45. The van der Waals surface area contributed by atoms with Crippen molar-refractivity contribution in [2.75, 3.05) is 19.6 Å². The highest BCUT2D eigenvalue weighted by atomic mass is 35.5. The standard InChI is InChI=1S/C16H22Cl2N2O2/c1-16(2,3)22-15(21)20-7-6-19-10-13(20)8-11-4-5-12(17)9-14(11)18/h4-5,9,13,19H,6-8,10H2,1-3H3/t13-/m0/s1. The van der Waals surface area contributed by atoms with Crippen LogP contribution >= 0.6 is 23.2 Å². The Morgan fingerprint density at radius 2 is 2.14 bits per heavy atom. The van der Waals surface area contributed by atoms with Gasteiger partial charge in [0.1, 0.15) is 5.60 Å². The number of amides is 1. The summed E-state index contributed by atoms with van der Waals surface area (Å²) in [4.78, 5) is 14.2. The molecule has 4 nitrogen and oxygen atoms in total. The van der Waals surface area contributed by atoms with E-state index in [4.69, 9.17) is 27.9 Å². The maximum atomic E-state index is 12.4. The van der Waals surface area contributed by atoms with Gasteiger partial charge in [0.15, 0.2) is 0 Å². The molecule has 1 aliphatic heterocycles. The van der Waals surface area contributed by atoms with Crippen LogP contribution in [0, 0.1) is 0 Å². The molecule has 1 saturated heterocycles. The van der Waals surface area contributed by atoms with Crippen LogP contribution in [0.25, 0.3) is 0 Å². The van der Waals surface area contributed by atoms with E-state index in [2.05, 4.69) is 5.32 Å². The lowest BCUT2D eigenvalue weighted by Crippen LogP contribution is -2.55. The van der Waals surface area contributed by atoms with Gasteiger partial charge >= 0.3 is 6.09 Å². The maximum Gasteiger partial charge on any atom is 0.410 e. The first-order valence-corrected chi connectivity index (χ1v) is 8.16. The second kappa shape index (κ2) is 7.07. The first-order chi connectivity index (χ1) is 10.3. The Labute approximate surface area is 141 Å². The zero-order valence-electron chi connectivity index (χ0n) is 13.2. The Bertz CT molecular complexity index is 543. The molecule has 1 atom stereocenters. The number of benzene rings is 1. The average Bonchev–Trinajstić information content (AvgIpc) is 2.40. The van der Waals surface area contributed by atoms with E-state index in [1.54, 1.807) is 11.0 Å². The van der Waals surface area contributed by atoms with Crippen LogP contribution in [0.15, 0.2) is 18.2 Å². The second-order valence-corrected chi connectivity index (χ2v) is 7.32. The fourth-order valence-corrected chi connectivity index (χ4v) is 2.93. The van der Waals surface area contributed by atoms with E-state index in [0.717, 1.165) is 18.7 Å². The molecule has 1 aliphatic rings. The first-order valence-electron chi connectivity index (χ1n) is 7.40. The Morgan fingerprint density at radius 3 is 2.77 bits per heavy atom. The van der Waals surface area contributed by atoms with Gasteiger partial charge in [-0.25, -0.2) is 4.79 Å². The number of hydrogen-bond donors (Lipinski definition) is 1. The average molecular weight is 345 g/mol. The quantitative estimate of drug-likeness (QED) is 0.888. The SMILES string of the molecule is CC(C)(C)OC(=O)N1CCNC[C@@H]1Cc1ccc(Cl)cc1Cl. The van der Waals surface area contributed by atoms with E-state index in [9.17, 15) is 4.79 Å². The topological polar surface area (TPSA) is 41.6 Å². The molecule has 1 amide bonds. The molecular formula is C16H22Cl2N2O2. The molecule has 0 aromatic heterocycles. The summed E-state index contributed by atoms with van der Waals surface area (Å²) in [6.45, 7) is 7.74. The van der Waals surface area contributed by atoms with E-state index < -0.39 is 5.60 Å². The summed E-state index contributed by atoms with van der Waals surface area (Å²) in [6, 6.07) is 5.47. The van der Waals surface area contributed by atoms with E-state index >= 15 is 0 Å². The summed E-state index contributed by atoms with van der Waals surface area (Å²) in [7, 11) is 0. The summed E-state index contributed by atoms with van der Waals surface area (Å²) < 4.78 is 5.50. The minimum Gasteiger partial charge on any atom is -0.444 e. The molecule has 0 saturated carbocycles. The van der Waals surface area contributed by atoms with Gasteiger partial charge in [-0.1, -0.05) is 29.3 Å². The van der Waals surface area contributed by atoms with Crippen molar-refractivity contribution in [2.24, 2.45) is 0 Å². The molecule has 1 aromatic carbocycles. The van der Waals surface area contributed by atoms with Crippen molar-refractivity contribution in [3.05, 3.63) is 33.8 Å². The zero-order chi connectivity index (χ0) is 16.3. The number of hydrogen-bond acceptors (Lipinski definition) is 3. The number of carbonyl (C=O) groups is 1. The predicted octanol–water partition coefficient (Wildman–Crippen LogP) is 3.74. The lowest BCUT2D eigenvalue weighted by Gasteiger charge is -2.37. The molecule has 1 fully saturated rings. The van der Waals surface area contributed by atoms with Crippen LogP contribution in [-0.2, 0) is 11.2 Å². The minimum atomic E-state index is -0.496. The normalized spacial score (nSPS) is 19.1. The smallest absolute Gasteiger partial charge is 0.410 e. The summed E-state index contributed by atoms with van der Waals surface area (Å²) in [5, 5.41) is 4.55. The van der Waals surface area contributed by atoms with E-state index in [1.165, 1.54) is 0 Å². The molecule has 1 aromatic rings. The van der Waals surface area contributed by atoms with Gasteiger partial charge in [-0.3, -0.25) is 0 Å². The molecule has 6 heteroatoms. The minimum absolute atomic E-state index is 0.0160. The molecule has 0 aliphatic carbocycles. The van der Waals surface area contributed by atoms with Crippen molar-refractivity contribution in [1.82, 2.24) is 10.2 Å². The Kier molecular flexibility index (Phi) is 5.59. The first kappa shape index (κ1) is 17.4. The van der Waals surface area contributed by atoms with Crippen LogP contribution in [0.2, 0.25) is 10.0 Å². The lowest BCUT2D eigenvalue weighted by molar-refractivity contribution is 0.0122. The van der Waals surface area contributed by atoms with Gasteiger partial charge in [-0.2, -0.15) is 0 Å².